The van der Waals surface area contributed by atoms with E-state index < -0.39 is 16.4 Å². The highest BCUT2D eigenvalue weighted by Crippen LogP contribution is 2.36. The highest BCUT2D eigenvalue weighted by atomic mass is 32.1. The van der Waals surface area contributed by atoms with E-state index in [9.17, 15) is 20.0 Å². The van der Waals surface area contributed by atoms with Gasteiger partial charge < -0.3 is 9.84 Å². The van der Waals surface area contributed by atoms with Gasteiger partial charge in [0.2, 0.25) is 11.7 Å². The molecule has 9 nitrogen and oxygen atoms in total. The number of hydrazone groups is 1. The topological polar surface area (TPSA) is 127 Å². The van der Waals surface area contributed by atoms with Crippen molar-refractivity contribution in [3.8, 4) is 22.8 Å². The van der Waals surface area contributed by atoms with Crippen LogP contribution < -0.4 is 10.2 Å². The number of carbonyl (C=O) groups excluding carboxylic acids is 1. The van der Waals surface area contributed by atoms with Gasteiger partial charge in [0.05, 0.1) is 30.4 Å². The lowest BCUT2D eigenvalue weighted by Crippen LogP contribution is -2.19. The second-order valence-electron chi connectivity index (χ2n) is 5.81. The van der Waals surface area contributed by atoms with Crippen LogP contribution in [0.25, 0.3) is 11.3 Å². The number of thiazole rings is 1. The molecule has 0 unspecified atom stereocenters. The van der Waals surface area contributed by atoms with Crippen LogP contribution in [0, 0.1) is 10.1 Å². The molecule has 0 atom stereocenters. The number of nitrogens with one attached hydrogen (secondary N) is 1. The molecule has 1 aromatic heterocycles. The molecule has 0 aliphatic carbocycles. The Hall–Kier alpha value is -3.79. The van der Waals surface area contributed by atoms with Crippen molar-refractivity contribution in [2.24, 2.45) is 5.10 Å². The summed E-state index contributed by atoms with van der Waals surface area (Å²) in [6, 6.07) is 12.1. The maximum atomic E-state index is 12.1. The second kappa shape index (κ2) is 8.93. The number of rotatable bonds is 7. The molecule has 1 amide bonds. The monoisotopic (exact) mass is 412 g/mol. The minimum atomic E-state index is -0.736. The number of carbonyl (C=O) groups is 1. The molecule has 0 aliphatic heterocycles. The molecule has 0 saturated heterocycles. The van der Waals surface area contributed by atoms with Crippen LogP contribution in [-0.4, -0.2) is 34.2 Å². The first-order valence-corrected chi connectivity index (χ1v) is 9.23. The fraction of sp³-hybridized carbons (Fsp3) is 0.105. The van der Waals surface area contributed by atoms with Crippen LogP contribution in [0.2, 0.25) is 0 Å². The van der Waals surface area contributed by atoms with Crippen LogP contribution in [0.3, 0.4) is 0 Å². The highest BCUT2D eigenvalue weighted by molar-refractivity contribution is 7.10. The first kappa shape index (κ1) is 20.0. The number of nitrogens with zero attached hydrogens (tertiary/aromatic N) is 3. The lowest BCUT2D eigenvalue weighted by Gasteiger charge is -2.05. The van der Waals surface area contributed by atoms with Crippen LogP contribution in [0.15, 0.2) is 52.9 Å². The quantitative estimate of drug-likeness (QED) is 0.349. The minimum absolute atomic E-state index is 0.0495. The second-order valence-corrected chi connectivity index (χ2v) is 6.75. The predicted octanol–water partition coefficient (Wildman–Crippen LogP) is 3.13. The molecule has 1 heterocycles. The standard InChI is InChI=1S/C19H16N4O5S/c1-28-16-8-12(7-15(19(16)25)23(26)27)10-20-22-17(24)9-18-21-14(11-29-18)13-5-3-2-4-6-13/h2-8,10-11,25H,9H2,1H3,(H,22,24)/b20-10-. The molecular formula is C19H16N4O5S. The van der Waals surface area contributed by atoms with Gasteiger partial charge >= 0.3 is 5.69 Å². The summed E-state index contributed by atoms with van der Waals surface area (Å²) in [5.41, 5.74) is 3.88. The number of hydrogen-bond donors (Lipinski definition) is 2. The van der Waals surface area contributed by atoms with E-state index >= 15 is 0 Å². The number of phenols is 1. The molecule has 2 N–H and O–H groups in total. The van der Waals surface area contributed by atoms with Crippen molar-refractivity contribution in [1.29, 1.82) is 0 Å². The van der Waals surface area contributed by atoms with E-state index in [1.807, 2.05) is 35.7 Å². The Labute approximate surface area is 169 Å². The fourth-order valence-corrected chi connectivity index (χ4v) is 3.27. The summed E-state index contributed by atoms with van der Waals surface area (Å²) in [7, 11) is 1.28. The Bertz CT molecular complexity index is 1070. The average Bonchev–Trinajstić information content (AvgIpc) is 3.17. The van der Waals surface area contributed by atoms with Gasteiger partial charge in [-0.15, -0.1) is 11.3 Å². The van der Waals surface area contributed by atoms with Crippen LogP contribution >= 0.6 is 11.3 Å². The van der Waals surface area contributed by atoms with Gasteiger partial charge in [-0.2, -0.15) is 5.10 Å². The highest BCUT2D eigenvalue weighted by Gasteiger charge is 2.19. The van der Waals surface area contributed by atoms with Crippen molar-refractivity contribution in [3.05, 3.63) is 68.5 Å². The Morgan fingerprint density at radius 2 is 2.14 bits per heavy atom. The van der Waals surface area contributed by atoms with Gasteiger partial charge in [-0.25, -0.2) is 10.4 Å². The Morgan fingerprint density at radius 1 is 1.38 bits per heavy atom. The van der Waals surface area contributed by atoms with Gasteiger partial charge in [0.25, 0.3) is 0 Å². The van der Waals surface area contributed by atoms with Crippen LogP contribution in [0.4, 0.5) is 5.69 Å². The number of amides is 1. The van der Waals surface area contributed by atoms with Gasteiger partial charge in [-0.3, -0.25) is 14.9 Å². The zero-order chi connectivity index (χ0) is 20.8. The molecule has 0 bridgehead atoms. The molecule has 3 aromatic rings. The molecule has 3 rings (SSSR count). The third kappa shape index (κ3) is 4.93. The summed E-state index contributed by atoms with van der Waals surface area (Å²) in [6.45, 7) is 0. The normalized spacial score (nSPS) is 10.8. The van der Waals surface area contributed by atoms with Crippen molar-refractivity contribution in [3.63, 3.8) is 0 Å². The number of hydrogen-bond acceptors (Lipinski definition) is 8. The zero-order valence-corrected chi connectivity index (χ0v) is 16.0. The first-order chi connectivity index (χ1) is 14.0. The smallest absolute Gasteiger partial charge is 0.315 e. The Kier molecular flexibility index (Phi) is 6.15. The first-order valence-electron chi connectivity index (χ1n) is 8.35. The predicted molar refractivity (Wildman–Crippen MR) is 108 cm³/mol. The molecule has 0 aliphatic rings. The molecule has 29 heavy (non-hydrogen) atoms. The van der Waals surface area contributed by atoms with E-state index in [1.54, 1.807) is 0 Å². The van der Waals surface area contributed by atoms with Crippen molar-refractivity contribution < 1.29 is 19.6 Å². The summed E-state index contributed by atoms with van der Waals surface area (Å²) < 4.78 is 4.91. The molecule has 0 spiro atoms. The van der Waals surface area contributed by atoms with E-state index in [0.29, 0.717) is 5.01 Å². The number of aromatic hydroxyl groups is 1. The minimum Gasteiger partial charge on any atom is -0.500 e. The fourth-order valence-electron chi connectivity index (χ4n) is 2.47. The molecule has 0 saturated carbocycles. The largest absolute Gasteiger partial charge is 0.500 e. The summed E-state index contributed by atoms with van der Waals surface area (Å²) in [5.74, 6) is -1.02. The number of aromatic nitrogens is 1. The maximum absolute atomic E-state index is 12.1. The zero-order valence-electron chi connectivity index (χ0n) is 15.2. The summed E-state index contributed by atoms with van der Waals surface area (Å²) in [5, 5.41) is 27.1. The van der Waals surface area contributed by atoms with Crippen LogP contribution in [0.5, 0.6) is 11.5 Å². The summed E-state index contributed by atoms with van der Waals surface area (Å²) >= 11 is 1.37. The molecule has 0 radical (unpaired) electrons. The average molecular weight is 412 g/mol. The molecule has 148 valence electrons. The van der Waals surface area contributed by atoms with Gasteiger partial charge in [0, 0.05) is 22.6 Å². The molecular weight excluding hydrogens is 396 g/mol. The third-order valence-corrected chi connectivity index (χ3v) is 4.68. The SMILES string of the molecule is COc1cc(/C=N\NC(=O)Cc2nc(-c3ccccc3)cs2)cc([N+](=O)[O-])c1O. The number of methoxy groups -OCH3 is 1. The van der Waals surface area contributed by atoms with E-state index in [1.165, 1.54) is 30.7 Å². The summed E-state index contributed by atoms with van der Waals surface area (Å²) in [4.78, 5) is 26.8. The van der Waals surface area contributed by atoms with Crippen molar-refractivity contribution >= 4 is 29.1 Å². The van der Waals surface area contributed by atoms with Gasteiger partial charge in [-0.05, 0) is 6.07 Å². The van der Waals surface area contributed by atoms with E-state index in [0.717, 1.165) is 17.3 Å². The van der Waals surface area contributed by atoms with Gasteiger partial charge in [-0.1, -0.05) is 30.3 Å². The lowest BCUT2D eigenvalue weighted by atomic mass is 10.2. The Morgan fingerprint density at radius 3 is 2.83 bits per heavy atom. The van der Waals surface area contributed by atoms with Gasteiger partial charge in [0.1, 0.15) is 5.01 Å². The summed E-state index contributed by atoms with van der Waals surface area (Å²) in [6.07, 6.45) is 1.28. The lowest BCUT2D eigenvalue weighted by molar-refractivity contribution is -0.386. The number of benzene rings is 2. The van der Waals surface area contributed by atoms with Crippen molar-refractivity contribution in [2.45, 2.75) is 6.42 Å². The van der Waals surface area contributed by atoms with Crippen LogP contribution in [-0.2, 0) is 11.2 Å². The van der Waals surface area contributed by atoms with Gasteiger partial charge in [0.15, 0.2) is 5.75 Å². The molecule has 10 heteroatoms. The maximum Gasteiger partial charge on any atom is 0.315 e. The van der Waals surface area contributed by atoms with Crippen LogP contribution in [0.1, 0.15) is 10.6 Å². The number of phenolic OH excluding ortho intramolecular Hbond substituents is 1. The number of nitro groups is 1. The molecule has 0 fully saturated rings. The Balaban J connectivity index is 1.64. The molecule has 2 aromatic carbocycles. The van der Waals surface area contributed by atoms with E-state index in [2.05, 4.69) is 15.5 Å². The van der Waals surface area contributed by atoms with E-state index in [4.69, 9.17) is 4.74 Å². The number of nitro benzene ring substituents is 1. The van der Waals surface area contributed by atoms with E-state index in [-0.39, 0.29) is 23.6 Å². The van der Waals surface area contributed by atoms with Crippen molar-refractivity contribution in [1.82, 2.24) is 10.4 Å². The van der Waals surface area contributed by atoms with Crippen molar-refractivity contribution in [2.75, 3.05) is 7.11 Å². The number of ether oxygens (including phenoxy) is 1. The third-order valence-electron chi connectivity index (χ3n) is 3.83.